The van der Waals surface area contributed by atoms with Crippen LogP contribution in [0.2, 0.25) is 0 Å². The molecule has 1 aliphatic heterocycles. The Morgan fingerprint density at radius 3 is 3.00 bits per heavy atom. The standard InChI is InChI=1S/C13H21N3O/c1-10-5-6-12(16(10)2)9-15-13(17)11-4-3-7-14-8-11/h5-6,11,14H,3-4,7-9H2,1-2H3,(H,15,17)/t11-/m0/s1. The number of hydrogen-bond acceptors (Lipinski definition) is 2. The van der Waals surface area contributed by atoms with Gasteiger partial charge in [0.05, 0.1) is 12.5 Å². The van der Waals surface area contributed by atoms with Gasteiger partial charge in [0.1, 0.15) is 0 Å². The number of rotatable bonds is 3. The van der Waals surface area contributed by atoms with E-state index in [4.69, 9.17) is 0 Å². The normalized spacial score (nSPS) is 20.2. The van der Waals surface area contributed by atoms with E-state index < -0.39 is 0 Å². The molecule has 2 rings (SSSR count). The molecule has 0 saturated carbocycles. The van der Waals surface area contributed by atoms with Crippen LogP contribution < -0.4 is 10.6 Å². The first-order valence-corrected chi connectivity index (χ1v) is 6.28. The number of piperidine rings is 1. The number of aromatic nitrogens is 1. The molecule has 1 aromatic heterocycles. The van der Waals surface area contributed by atoms with Crippen molar-refractivity contribution in [3.63, 3.8) is 0 Å². The Bertz CT molecular complexity index is 391. The number of nitrogens with one attached hydrogen (secondary N) is 2. The van der Waals surface area contributed by atoms with Crippen molar-refractivity contribution in [2.24, 2.45) is 13.0 Å². The fourth-order valence-electron chi connectivity index (χ4n) is 2.24. The zero-order valence-electron chi connectivity index (χ0n) is 10.6. The van der Waals surface area contributed by atoms with Crippen molar-refractivity contribution in [2.45, 2.75) is 26.3 Å². The maximum atomic E-state index is 11.9. The first-order valence-electron chi connectivity index (χ1n) is 6.28. The predicted octanol–water partition coefficient (Wildman–Crippen LogP) is 0.949. The summed E-state index contributed by atoms with van der Waals surface area (Å²) in [6.45, 7) is 4.55. The summed E-state index contributed by atoms with van der Waals surface area (Å²) in [4.78, 5) is 11.9. The molecule has 0 bridgehead atoms. The number of hydrogen-bond donors (Lipinski definition) is 2. The lowest BCUT2D eigenvalue weighted by molar-refractivity contribution is -0.125. The molecule has 1 fully saturated rings. The molecule has 4 nitrogen and oxygen atoms in total. The summed E-state index contributed by atoms with van der Waals surface area (Å²) in [7, 11) is 2.03. The van der Waals surface area contributed by atoms with Crippen LogP contribution in [0.25, 0.3) is 0 Å². The van der Waals surface area contributed by atoms with E-state index >= 15 is 0 Å². The number of aryl methyl sites for hydroxylation is 1. The Balaban J connectivity index is 1.85. The zero-order valence-corrected chi connectivity index (χ0v) is 10.6. The van der Waals surface area contributed by atoms with Crippen LogP contribution in [0.1, 0.15) is 24.2 Å². The summed E-state index contributed by atoms with van der Waals surface area (Å²) >= 11 is 0. The molecule has 1 aromatic rings. The van der Waals surface area contributed by atoms with Crippen molar-refractivity contribution < 1.29 is 4.79 Å². The van der Waals surface area contributed by atoms with Crippen molar-refractivity contribution >= 4 is 5.91 Å². The SMILES string of the molecule is Cc1ccc(CNC(=O)[C@H]2CCCNC2)n1C. The molecule has 1 aliphatic rings. The Hall–Kier alpha value is -1.29. The quantitative estimate of drug-likeness (QED) is 0.819. The molecule has 4 heteroatoms. The van der Waals surface area contributed by atoms with E-state index in [0.29, 0.717) is 6.54 Å². The molecule has 0 spiro atoms. The minimum atomic E-state index is 0.144. The van der Waals surface area contributed by atoms with Crippen LogP contribution in [0.3, 0.4) is 0 Å². The highest BCUT2D eigenvalue weighted by Crippen LogP contribution is 2.10. The molecule has 0 aromatic carbocycles. The van der Waals surface area contributed by atoms with Gasteiger partial charge in [-0.1, -0.05) is 0 Å². The summed E-state index contributed by atoms with van der Waals surface area (Å²) in [5, 5.41) is 6.29. The first kappa shape index (κ1) is 12.2. The summed E-state index contributed by atoms with van der Waals surface area (Å²) in [6.07, 6.45) is 2.10. The summed E-state index contributed by atoms with van der Waals surface area (Å²) in [5.41, 5.74) is 2.37. The van der Waals surface area contributed by atoms with Gasteiger partial charge in [-0.05, 0) is 38.4 Å². The highest BCUT2D eigenvalue weighted by atomic mass is 16.1. The molecule has 1 saturated heterocycles. The van der Waals surface area contributed by atoms with Gasteiger partial charge in [-0.3, -0.25) is 4.79 Å². The predicted molar refractivity (Wildman–Crippen MR) is 67.6 cm³/mol. The molecular weight excluding hydrogens is 214 g/mol. The lowest BCUT2D eigenvalue weighted by atomic mass is 9.99. The van der Waals surface area contributed by atoms with E-state index in [2.05, 4.69) is 34.3 Å². The third kappa shape index (κ3) is 2.88. The molecule has 1 atom stereocenters. The van der Waals surface area contributed by atoms with E-state index in [1.807, 2.05) is 7.05 Å². The second kappa shape index (κ2) is 5.36. The number of nitrogens with zero attached hydrogens (tertiary/aromatic N) is 1. The molecule has 1 amide bonds. The maximum Gasteiger partial charge on any atom is 0.224 e. The van der Waals surface area contributed by atoms with Gasteiger partial charge in [0.25, 0.3) is 0 Å². The van der Waals surface area contributed by atoms with Crippen molar-refractivity contribution in [2.75, 3.05) is 13.1 Å². The lowest BCUT2D eigenvalue weighted by Gasteiger charge is -2.21. The lowest BCUT2D eigenvalue weighted by Crippen LogP contribution is -2.40. The van der Waals surface area contributed by atoms with Gasteiger partial charge in [0.2, 0.25) is 5.91 Å². The second-order valence-corrected chi connectivity index (χ2v) is 4.79. The van der Waals surface area contributed by atoms with E-state index in [9.17, 15) is 4.79 Å². The van der Waals surface area contributed by atoms with E-state index in [1.165, 1.54) is 5.69 Å². The molecule has 2 N–H and O–H groups in total. The number of carbonyl (C=O) groups is 1. The minimum Gasteiger partial charge on any atom is -0.350 e. The van der Waals surface area contributed by atoms with Crippen molar-refractivity contribution in [3.8, 4) is 0 Å². The van der Waals surface area contributed by atoms with E-state index in [1.54, 1.807) is 0 Å². The number of carbonyl (C=O) groups excluding carboxylic acids is 1. The van der Waals surface area contributed by atoms with E-state index in [0.717, 1.165) is 31.6 Å². The van der Waals surface area contributed by atoms with Gasteiger partial charge in [-0.2, -0.15) is 0 Å². The van der Waals surface area contributed by atoms with Gasteiger partial charge < -0.3 is 15.2 Å². The van der Waals surface area contributed by atoms with Crippen LogP contribution in [-0.4, -0.2) is 23.6 Å². The second-order valence-electron chi connectivity index (χ2n) is 4.79. The van der Waals surface area contributed by atoms with Crippen LogP contribution in [0.5, 0.6) is 0 Å². The zero-order chi connectivity index (χ0) is 12.3. The van der Waals surface area contributed by atoms with E-state index in [-0.39, 0.29) is 11.8 Å². The van der Waals surface area contributed by atoms with Crippen LogP contribution in [-0.2, 0) is 18.4 Å². The Labute approximate surface area is 102 Å². The largest absolute Gasteiger partial charge is 0.350 e. The van der Waals surface area contributed by atoms with Gasteiger partial charge in [-0.25, -0.2) is 0 Å². The Kier molecular flexibility index (Phi) is 3.84. The third-order valence-electron chi connectivity index (χ3n) is 3.59. The Morgan fingerprint density at radius 1 is 1.59 bits per heavy atom. The van der Waals surface area contributed by atoms with Crippen molar-refractivity contribution in [3.05, 3.63) is 23.5 Å². The van der Waals surface area contributed by atoms with Crippen LogP contribution in [0.15, 0.2) is 12.1 Å². The topological polar surface area (TPSA) is 46.1 Å². The van der Waals surface area contributed by atoms with Gasteiger partial charge in [0, 0.05) is 25.0 Å². The van der Waals surface area contributed by atoms with Crippen LogP contribution in [0, 0.1) is 12.8 Å². The van der Waals surface area contributed by atoms with Crippen LogP contribution >= 0.6 is 0 Å². The summed E-state index contributed by atoms with van der Waals surface area (Å²) in [5.74, 6) is 0.321. The highest BCUT2D eigenvalue weighted by Gasteiger charge is 2.20. The summed E-state index contributed by atoms with van der Waals surface area (Å²) < 4.78 is 2.11. The van der Waals surface area contributed by atoms with Gasteiger partial charge in [-0.15, -0.1) is 0 Å². The minimum absolute atomic E-state index is 0.144. The van der Waals surface area contributed by atoms with Crippen molar-refractivity contribution in [1.29, 1.82) is 0 Å². The summed E-state index contributed by atoms with van der Waals surface area (Å²) in [6, 6.07) is 4.14. The van der Waals surface area contributed by atoms with Gasteiger partial charge >= 0.3 is 0 Å². The maximum absolute atomic E-state index is 11.9. The number of amides is 1. The smallest absolute Gasteiger partial charge is 0.224 e. The molecule has 17 heavy (non-hydrogen) atoms. The molecular formula is C13H21N3O. The molecule has 0 unspecified atom stereocenters. The highest BCUT2D eigenvalue weighted by molar-refractivity contribution is 5.78. The molecule has 94 valence electrons. The molecule has 0 radical (unpaired) electrons. The fourth-order valence-corrected chi connectivity index (χ4v) is 2.24. The average molecular weight is 235 g/mol. The fraction of sp³-hybridized carbons (Fsp3) is 0.615. The Morgan fingerprint density at radius 2 is 2.41 bits per heavy atom. The molecule has 2 heterocycles. The van der Waals surface area contributed by atoms with Crippen LogP contribution in [0.4, 0.5) is 0 Å². The first-order chi connectivity index (χ1) is 8.18. The average Bonchev–Trinajstić information content (AvgIpc) is 2.68. The van der Waals surface area contributed by atoms with Crippen molar-refractivity contribution in [1.82, 2.24) is 15.2 Å². The molecule has 0 aliphatic carbocycles. The third-order valence-corrected chi connectivity index (χ3v) is 3.59. The van der Waals surface area contributed by atoms with Gasteiger partial charge in [0.15, 0.2) is 0 Å². The monoisotopic (exact) mass is 235 g/mol.